The first-order valence-electron chi connectivity index (χ1n) is 7.67. The quantitative estimate of drug-likeness (QED) is 0.847. The molecule has 1 aromatic rings. The average Bonchev–Trinajstić information content (AvgIpc) is 2.48. The molecule has 1 fully saturated rings. The molecule has 0 radical (unpaired) electrons. The number of ether oxygens (including phenoxy) is 1. The molecule has 1 aromatic carbocycles. The third-order valence-corrected chi connectivity index (χ3v) is 5.44. The van der Waals surface area contributed by atoms with E-state index in [1.54, 1.807) is 7.11 Å². The van der Waals surface area contributed by atoms with Crippen LogP contribution in [0.2, 0.25) is 0 Å². The van der Waals surface area contributed by atoms with Crippen LogP contribution in [0.3, 0.4) is 0 Å². The minimum absolute atomic E-state index is 0.130. The van der Waals surface area contributed by atoms with E-state index >= 15 is 0 Å². The van der Waals surface area contributed by atoms with E-state index in [1.807, 2.05) is 19.2 Å². The standard InChI is InChI=1S/C17H25BrFNO/c1-12-6-8-17(21-3,9-7-12)16(20-2)10-13-4-5-14(18)11-15(13)19/h4-5,11-12,16,20H,6-10H2,1-3H3. The van der Waals surface area contributed by atoms with Crippen molar-refractivity contribution in [3.63, 3.8) is 0 Å². The molecule has 1 aliphatic rings. The van der Waals surface area contributed by atoms with Crippen molar-refractivity contribution in [2.45, 2.75) is 50.7 Å². The molecule has 0 aliphatic heterocycles. The van der Waals surface area contributed by atoms with Crippen LogP contribution in [0.25, 0.3) is 0 Å². The number of likely N-dealkylation sites (N-methyl/N-ethyl adjacent to an activating group) is 1. The normalized spacial score (nSPS) is 27.6. The van der Waals surface area contributed by atoms with Crippen LogP contribution < -0.4 is 5.32 Å². The van der Waals surface area contributed by atoms with Gasteiger partial charge in [-0.1, -0.05) is 28.9 Å². The molecule has 0 heterocycles. The van der Waals surface area contributed by atoms with E-state index in [0.717, 1.165) is 28.8 Å². The van der Waals surface area contributed by atoms with Crippen LogP contribution in [0.1, 0.15) is 38.2 Å². The molecular formula is C17H25BrFNO. The monoisotopic (exact) mass is 357 g/mol. The number of rotatable bonds is 5. The van der Waals surface area contributed by atoms with Gasteiger partial charge in [-0.2, -0.15) is 0 Å². The Hall–Kier alpha value is -0.450. The summed E-state index contributed by atoms with van der Waals surface area (Å²) in [6.45, 7) is 2.29. The van der Waals surface area contributed by atoms with E-state index in [-0.39, 0.29) is 17.5 Å². The largest absolute Gasteiger partial charge is 0.377 e. The molecule has 0 aromatic heterocycles. The fourth-order valence-electron chi connectivity index (χ4n) is 3.40. The molecule has 0 spiro atoms. The number of nitrogens with one attached hydrogen (secondary N) is 1. The highest BCUT2D eigenvalue weighted by Gasteiger charge is 2.41. The van der Waals surface area contributed by atoms with Gasteiger partial charge in [0.25, 0.3) is 0 Å². The number of hydrogen-bond donors (Lipinski definition) is 1. The van der Waals surface area contributed by atoms with Crippen LogP contribution in [0.5, 0.6) is 0 Å². The maximum atomic E-state index is 14.1. The number of benzene rings is 1. The molecule has 0 saturated heterocycles. The molecule has 2 nitrogen and oxygen atoms in total. The third-order valence-electron chi connectivity index (χ3n) is 4.95. The van der Waals surface area contributed by atoms with Crippen LogP contribution in [0.15, 0.2) is 22.7 Å². The highest BCUT2D eigenvalue weighted by atomic mass is 79.9. The summed E-state index contributed by atoms with van der Waals surface area (Å²) >= 11 is 3.31. The van der Waals surface area contributed by atoms with E-state index in [9.17, 15) is 4.39 Å². The molecule has 1 unspecified atom stereocenters. The Morgan fingerprint density at radius 1 is 1.43 bits per heavy atom. The maximum absolute atomic E-state index is 14.1. The van der Waals surface area contributed by atoms with E-state index in [0.29, 0.717) is 6.42 Å². The van der Waals surface area contributed by atoms with Crippen LogP contribution in [-0.2, 0) is 11.2 Å². The van der Waals surface area contributed by atoms with E-state index < -0.39 is 0 Å². The van der Waals surface area contributed by atoms with Crippen LogP contribution in [0.4, 0.5) is 4.39 Å². The average molecular weight is 358 g/mol. The third kappa shape index (κ3) is 3.85. The van der Waals surface area contributed by atoms with Gasteiger partial charge < -0.3 is 10.1 Å². The lowest BCUT2D eigenvalue weighted by Crippen LogP contribution is -2.54. The van der Waals surface area contributed by atoms with Gasteiger partial charge in [-0.3, -0.25) is 0 Å². The highest BCUT2D eigenvalue weighted by Crippen LogP contribution is 2.38. The van der Waals surface area contributed by atoms with E-state index in [1.165, 1.54) is 18.9 Å². The predicted molar refractivity (Wildman–Crippen MR) is 88.0 cm³/mol. The van der Waals surface area contributed by atoms with Crippen LogP contribution in [0, 0.1) is 11.7 Å². The van der Waals surface area contributed by atoms with Gasteiger partial charge in [0.2, 0.25) is 0 Å². The van der Waals surface area contributed by atoms with Gasteiger partial charge in [-0.15, -0.1) is 0 Å². The summed E-state index contributed by atoms with van der Waals surface area (Å²) in [5.74, 6) is 0.607. The smallest absolute Gasteiger partial charge is 0.127 e. The Bertz CT molecular complexity index is 472. The summed E-state index contributed by atoms with van der Waals surface area (Å²) < 4.78 is 20.8. The molecule has 2 rings (SSSR count). The highest BCUT2D eigenvalue weighted by molar-refractivity contribution is 9.10. The van der Waals surface area contributed by atoms with Gasteiger partial charge in [-0.05, 0) is 62.8 Å². The Labute approximate surface area is 135 Å². The lowest BCUT2D eigenvalue weighted by Gasteiger charge is -2.44. The van der Waals surface area contributed by atoms with E-state index in [2.05, 4.69) is 28.2 Å². The first-order valence-corrected chi connectivity index (χ1v) is 8.46. The van der Waals surface area contributed by atoms with Crippen LogP contribution in [-0.4, -0.2) is 25.8 Å². The molecule has 21 heavy (non-hydrogen) atoms. The first kappa shape index (κ1) is 16.9. The molecule has 4 heteroatoms. The van der Waals surface area contributed by atoms with E-state index in [4.69, 9.17) is 4.74 Å². The number of halogens is 2. The first-order chi connectivity index (χ1) is 10.0. The summed E-state index contributed by atoms with van der Waals surface area (Å²) in [4.78, 5) is 0. The molecule has 1 aliphatic carbocycles. The second kappa shape index (κ2) is 7.21. The van der Waals surface area contributed by atoms with Gasteiger partial charge in [0, 0.05) is 17.6 Å². The van der Waals surface area contributed by atoms with Crippen molar-refractivity contribution in [3.8, 4) is 0 Å². The zero-order chi connectivity index (χ0) is 15.5. The Morgan fingerprint density at radius 2 is 2.10 bits per heavy atom. The van der Waals surface area contributed by atoms with Gasteiger partial charge in [0.1, 0.15) is 5.82 Å². The van der Waals surface area contributed by atoms with Crippen molar-refractivity contribution in [2.75, 3.05) is 14.2 Å². The zero-order valence-corrected chi connectivity index (χ0v) is 14.7. The maximum Gasteiger partial charge on any atom is 0.127 e. The zero-order valence-electron chi connectivity index (χ0n) is 13.1. The van der Waals surface area contributed by atoms with Gasteiger partial charge in [0.05, 0.1) is 5.60 Å². The van der Waals surface area contributed by atoms with Crippen molar-refractivity contribution in [1.82, 2.24) is 5.32 Å². The molecule has 0 amide bonds. The molecular weight excluding hydrogens is 333 g/mol. The molecule has 118 valence electrons. The summed E-state index contributed by atoms with van der Waals surface area (Å²) in [6.07, 6.45) is 5.07. The minimum Gasteiger partial charge on any atom is -0.377 e. The topological polar surface area (TPSA) is 21.3 Å². The number of hydrogen-bond acceptors (Lipinski definition) is 2. The van der Waals surface area contributed by atoms with Crippen molar-refractivity contribution in [3.05, 3.63) is 34.1 Å². The van der Waals surface area contributed by atoms with Crippen LogP contribution >= 0.6 is 15.9 Å². The van der Waals surface area contributed by atoms with Gasteiger partial charge in [0.15, 0.2) is 0 Å². The van der Waals surface area contributed by atoms with Crippen molar-refractivity contribution < 1.29 is 9.13 Å². The lowest BCUT2D eigenvalue weighted by atomic mass is 9.74. The molecule has 0 bridgehead atoms. The lowest BCUT2D eigenvalue weighted by molar-refractivity contribution is -0.0731. The Kier molecular flexibility index (Phi) is 5.81. The van der Waals surface area contributed by atoms with Crippen molar-refractivity contribution >= 4 is 15.9 Å². The summed E-state index contributed by atoms with van der Waals surface area (Å²) in [5, 5.41) is 3.37. The summed E-state index contributed by atoms with van der Waals surface area (Å²) in [7, 11) is 3.73. The van der Waals surface area contributed by atoms with Gasteiger partial charge >= 0.3 is 0 Å². The van der Waals surface area contributed by atoms with Crippen molar-refractivity contribution in [1.29, 1.82) is 0 Å². The second-order valence-electron chi connectivity index (χ2n) is 6.23. The molecule has 1 atom stereocenters. The minimum atomic E-state index is -0.180. The second-order valence-corrected chi connectivity index (χ2v) is 7.15. The fraction of sp³-hybridized carbons (Fsp3) is 0.647. The molecule has 1 saturated carbocycles. The Morgan fingerprint density at radius 3 is 2.62 bits per heavy atom. The van der Waals surface area contributed by atoms with Crippen molar-refractivity contribution in [2.24, 2.45) is 5.92 Å². The number of methoxy groups -OCH3 is 1. The fourth-order valence-corrected chi connectivity index (χ4v) is 3.74. The van der Waals surface area contributed by atoms with Gasteiger partial charge in [-0.25, -0.2) is 4.39 Å². The molecule has 1 N–H and O–H groups in total. The summed E-state index contributed by atoms with van der Waals surface area (Å²) in [5.41, 5.74) is 0.563. The predicted octanol–water partition coefficient (Wildman–Crippen LogP) is 4.31. The Balaban J connectivity index is 2.17. The summed E-state index contributed by atoms with van der Waals surface area (Å²) in [6, 6.07) is 5.42. The SMILES string of the molecule is CNC(Cc1ccc(Br)cc1F)C1(OC)CCC(C)CC1.